The number of carbonyl (C=O) groups is 3. The summed E-state index contributed by atoms with van der Waals surface area (Å²) in [5.41, 5.74) is 2.34. The first-order valence-corrected chi connectivity index (χ1v) is 11.9. The van der Waals surface area contributed by atoms with Gasteiger partial charge in [0.15, 0.2) is 0 Å². The molecule has 0 saturated heterocycles. The van der Waals surface area contributed by atoms with Crippen LogP contribution in [0.2, 0.25) is 0 Å². The number of carbonyl (C=O) groups excluding carboxylic acids is 3. The van der Waals surface area contributed by atoms with Crippen LogP contribution in [0.5, 0.6) is 0 Å². The Morgan fingerprint density at radius 2 is 1.76 bits per heavy atom. The minimum absolute atomic E-state index is 0.0604. The number of nitrogens with one attached hydrogen (secondary N) is 2. The number of aryl methyl sites for hydroxylation is 2. The Morgan fingerprint density at radius 3 is 2.30 bits per heavy atom. The highest BCUT2D eigenvalue weighted by atomic mass is 16.6. The van der Waals surface area contributed by atoms with E-state index in [1.807, 2.05) is 32.0 Å². The summed E-state index contributed by atoms with van der Waals surface area (Å²) < 4.78 is 5.24. The van der Waals surface area contributed by atoms with Gasteiger partial charge in [0.05, 0.1) is 6.61 Å². The second kappa shape index (κ2) is 12.7. The van der Waals surface area contributed by atoms with Crippen LogP contribution in [-0.4, -0.2) is 52.7 Å². The molecule has 0 spiro atoms. The number of aliphatic hydroxyl groups excluding tert-OH is 1. The monoisotopic (exact) mass is 505 g/mol. The molecule has 196 valence electrons. The molecule has 0 aromatic heterocycles. The standard InChI is InChI=1S/C29H35N3O5/c1-8-17-32(27(35)23(18-33)30-28(36)37-29(5,6)7)25(22-16-11-10-15-21(22)9-2)26(34)31-24-19(3)13-12-14-20(24)4/h2,8,10-16,23,25,33H,1,17-18H2,3-7H3,(H,30,36)(H,31,34). The zero-order chi connectivity index (χ0) is 27.8. The van der Waals surface area contributed by atoms with Gasteiger partial charge in [0.25, 0.3) is 5.91 Å². The van der Waals surface area contributed by atoms with Crippen molar-refractivity contribution in [1.82, 2.24) is 10.2 Å². The van der Waals surface area contributed by atoms with Crippen molar-refractivity contribution in [3.63, 3.8) is 0 Å². The lowest BCUT2D eigenvalue weighted by Crippen LogP contribution is -2.54. The smallest absolute Gasteiger partial charge is 0.408 e. The Kier molecular flexibility index (Phi) is 10.0. The highest BCUT2D eigenvalue weighted by Gasteiger charge is 2.36. The van der Waals surface area contributed by atoms with Crippen molar-refractivity contribution in [2.45, 2.75) is 52.3 Å². The van der Waals surface area contributed by atoms with E-state index < -0.39 is 42.2 Å². The molecule has 37 heavy (non-hydrogen) atoms. The van der Waals surface area contributed by atoms with Crippen molar-refractivity contribution in [1.29, 1.82) is 0 Å². The number of nitrogens with zero attached hydrogens (tertiary/aromatic N) is 1. The lowest BCUT2D eigenvalue weighted by molar-refractivity contribution is -0.140. The molecule has 8 heteroatoms. The lowest BCUT2D eigenvalue weighted by Gasteiger charge is -2.34. The Balaban J connectivity index is 2.56. The molecule has 0 aliphatic rings. The van der Waals surface area contributed by atoms with E-state index in [0.29, 0.717) is 16.8 Å². The van der Waals surface area contributed by atoms with Gasteiger partial charge < -0.3 is 25.4 Å². The molecule has 0 aliphatic carbocycles. The summed E-state index contributed by atoms with van der Waals surface area (Å²) in [6, 6.07) is 9.85. The van der Waals surface area contributed by atoms with Gasteiger partial charge in [0.2, 0.25) is 5.91 Å². The van der Waals surface area contributed by atoms with Crippen molar-refractivity contribution in [3.05, 3.63) is 77.4 Å². The predicted molar refractivity (Wildman–Crippen MR) is 144 cm³/mol. The molecule has 0 radical (unpaired) electrons. The Bertz CT molecular complexity index is 1170. The number of terminal acetylenes is 1. The topological polar surface area (TPSA) is 108 Å². The Morgan fingerprint density at radius 1 is 1.14 bits per heavy atom. The van der Waals surface area contributed by atoms with Gasteiger partial charge in [0.1, 0.15) is 17.7 Å². The third-order valence-electron chi connectivity index (χ3n) is 5.48. The SMILES string of the molecule is C#Cc1ccccc1C(C(=O)Nc1c(C)cccc1C)N(CC=C)C(=O)C(CO)NC(=O)OC(C)(C)C. The van der Waals surface area contributed by atoms with Crippen LogP contribution in [0.3, 0.4) is 0 Å². The van der Waals surface area contributed by atoms with Gasteiger partial charge in [0, 0.05) is 17.8 Å². The van der Waals surface area contributed by atoms with E-state index in [2.05, 4.69) is 23.1 Å². The van der Waals surface area contributed by atoms with Crippen molar-refractivity contribution in [3.8, 4) is 12.3 Å². The summed E-state index contributed by atoms with van der Waals surface area (Å²) in [4.78, 5) is 41.1. The molecular formula is C29H35N3O5. The molecule has 0 saturated carbocycles. The molecule has 2 atom stereocenters. The number of para-hydroxylation sites is 1. The number of anilines is 1. The summed E-state index contributed by atoms with van der Waals surface area (Å²) in [5.74, 6) is 1.36. The second-order valence-corrected chi connectivity index (χ2v) is 9.55. The first-order valence-electron chi connectivity index (χ1n) is 11.9. The minimum Gasteiger partial charge on any atom is -0.444 e. The molecule has 8 nitrogen and oxygen atoms in total. The number of hydrogen-bond donors (Lipinski definition) is 3. The normalized spacial score (nSPS) is 12.5. The molecule has 0 bridgehead atoms. The maximum absolute atomic E-state index is 13.8. The Labute approximate surface area is 218 Å². The quantitative estimate of drug-likeness (QED) is 0.354. The van der Waals surface area contributed by atoms with Gasteiger partial charge >= 0.3 is 6.09 Å². The summed E-state index contributed by atoms with van der Waals surface area (Å²) in [7, 11) is 0. The predicted octanol–water partition coefficient (Wildman–Crippen LogP) is 3.86. The van der Waals surface area contributed by atoms with Crippen molar-refractivity contribution in [2.75, 3.05) is 18.5 Å². The van der Waals surface area contributed by atoms with Crippen LogP contribution in [0.25, 0.3) is 0 Å². The number of alkyl carbamates (subject to hydrolysis) is 1. The number of benzene rings is 2. The van der Waals surface area contributed by atoms with Crippen molar-refractivity contribution >= 4 is 23.6 Å². The van der Waals surface area contributed by atoms with Crippen molar-refractivity contribution in [2.24, 2.45) is 0 Å². The lowest BCUT2D eigenvalue weighted by atomic mass is 9.97. The molecule has 3 N–H and O–H groups in total. The fraction of sp³-hybridized carbons (Fsp3) is 0.345. The summed E-state index contributed by atoms with van der Waals surface area (Å²) >= 11 is 0. The van der Waals surface area contributed by atoms with Crippen molar-refractivity contribution < 1.29 is 24.2 Å². The van der Waals surface area contributed by atoms with E-state index in [0.717, 1.165) is 11.1 Å². The average molecular weight is 506 g/mol. The maximum Gasteiger partial charge on any atom is 0.408 e. The van der Waals surface area contributed by atoms with E-state index in [9.17, 15) is 19.5 Å². The van der Waals surface area contributed by atoms with Crippen LogP contribution >= 0.6 is 0 Å². The number of ether oxygens (including phenoxy) is 1. The number of amides is 3. The van der Waals surface area contributed by atoms with Gasteiger partial charge in [-0.25, -0.2) is 4.79 Å². The van der Waals surface area contributed by atoms with E-state index in [4.69, 9.17) is 11.2 Å². The molecule has 0 fully saturated rings. The summed E-state index contributed by atoms with van der Waals surface area (Å²) in [6.45, 7) is 11.7. The third kappa shape index (κ3) is 7.69. The molecule has 2 unspecified atom stereocenters. The first kappa shape index (κ1) is 29.1. The zero-order valence-corrected chi connectivity index (χ0v) is 22.0. The number of hydrogen-bond acceptors (Lipinski definition) is 5. The van der Waals surface area contributed by atoms with Crippen LogP contribution in [-0.2, 0) is 14.3 Å². The Hall–Kier alpha value is -4.09. The van der Waals surface area contributed by atoms with E-state index in [1.54, 1.807) is 45.0 Å². The van der Waals surface area contributed by atoms with Gasteiger partial charge in [-0.05, 0) is 57.4 Å². The second-order valence-electron chi connectivity index (χ2n) is 9.55. The fourth-order valence-corrected chi connectivity index (χ4v) is 3.82. The largest absolute Gasteiger partial charge is 0.444 e. The van der Waals surface area contributed by atoms with Gasteiger partial charge in [-0.1, -0.05) is 48.4 Å². The summed E-state index contributed by atoms with van der Waals surface area (Å²) in [6.07, 6.45) is 6.31. The van der Waals surface area contributed by atoms with Crippen LogP contribution < -0.4 is 10.6 Å². The highest BCUT2D eigenvalue weighted by molar-refractivity contribution is 6.00. The van der Waals surface area contributed by atoms with Crippen LogP contribution in [0.1, 0.15) is 49.1 Å². The molecular weight excluding hydrogens is 470 g/mol. The average Bonchev–Trinajstić information content (AvgIpc) is 2.83. The van der Waals surface area contributed by atoms with Gasteiger partial charge in [-0.15, -0.1) is 13.0 Å². The first-order chi connectivity index (χ1) is 17.4. The summed E-state index contributed by atoms with van der Waals surface area (Å²) in [5, 5.41) is 15.3. The van der Waals surface area contributed by atoms with E-state index in [-0.39, 0.29) is 6.54 Å². The molecule has 2 aromatic carbocycles. The zero-order valence-electron chi connectivity index (χ0n) is 22.0. The van der Waals surface area contributed by atoms with Gasteiger partial charge in [-0.3, -0.25) is 9.59 Å². The molecule has 2 aromatic rings. The number of aliphatic hydroxyl groups is 1. The molecule has 2 rings (SSSR count). The molecule has 0 aliphatic heterocycles. The fourth-order valence-electron chi connectivity index (χ4n) is 3.82. The van der Waals surface area contributed by atoms with Crippen LogP contribution in [0, 0.1) is 26.2 Å². The third-order valence-corrected chi connectivity index (χ3v) is 5.48. The molecule has 0 heterocycles. The van der Waals surface area contributed by atoms with E-state index in [1.165, 1.54) is 11.0 Å². The maximum atomic E-state index is 13.8. The minimum atomic E-state index is -1.37. The number of rotatable bonds is 9. The highest BCUT2D eigenvalue weighted by Crippen LogP contribution is 2.28. The van der Waals surface area contributed by atoms with E-state index >= 15 is 0 Å². The van der Waals surface area contributed by atoms with Crippen LogP contribution in [0.4, 0.5) is 10.5 Å². The molecule has 3 amide bonds. The van der Waals surface area contributed by atoms with Crippen LogP contribution in [0.15, 0.2) is 55.1 Å². The van der Waals surface area contributed by atoms with Gasteiger partial charge in [-0.2, -0.15) is 0 Å².